The third kappa shape index (κ3) is 4.58. The minimum absolute atomic E-state index is 0.0186. The van der Waals surface area contributed by atoms with Crippen LogP contribution in [0.1, 0.15) is 25.1 Å². The van der Waals surface area contributed by atoms with E-state index < -0.39 is 5.82 Å². The molecule has 0 atom stereocenters. The first kappa shape index (κ1) is 24.0. The number of hydrogen-bond donors (Lipinski definition) is 2. The van der Waals surface area contributed by atoms with Crippen LogP contribution in [0.3, 0.4) is 0 Å². The standard InChI is InChI=1S/C25H31FN8O2/c1-15(2)33-5-4-18-10-21(30-34(18)14-23(33)36)29-20-9-16-8-17(24(26)25(27)19(16)11-28-20)12-32-7-6-31(3)13-22(32)35/h8-11,15H,4-7,12-14,27H2,1-3H3,(H,28,29,30). The first-order valence-corrected chi connectivity index (χ1v) is 12.2. The number of anilines is 3. The highest BCUT2D eigenvalue weighted by Gasteiger charge is 2.25. The summed E-state index contributed by atoms with van der Waals surface area (Å²) in [6, 6.07) is 5.59. The Bertz CT molecular complexity index is 1340. The number of halogens is 1. The molecule has 1 fully saturated rings. The Morgan fingerprint density at radius 2 is 1.89 bits per heavy atom. The number of carbonyl (C=O) groups is 2. The van der Waals surface area contributed by atoms with E-state index in [0.29, 0.717) is 54.0 Å². The number of pyridine rings is 1. The molecule has 0 radical (unpaired) electrons. The number of aromatic nitrogens is 3. The summed E-state index contributed by atoms with van der Waals surface area (Å²) in [6.07, 6.45) is 2.25. The Morgan fingerprint density at radius 3 is 2.64 bits per heavy atom. The fourth-order valence-corrected chi connectivity index (χ4v) is 4.85. The molecule has 0 aliphatic carbocycles. The van der Waals surface area contributed by atoms with E-state index in [1.165, 1.54) is 6.20 Å². The van der Waals surface area contributed by atoms with Gasteiger partial charge in [-0.1, -0.05) is 0 Å². The number of nitrogens with two attached hydrogens (primary N) is 1. The monoisotopic (exact) mass is 494 g/mol. The Hall–Kier alpha value is -3.73. The van der Waals surface area contributed by atoms with Gasteiger partial charge in [-0.25, -0.2) is 9.37 Å². The molecule has 0 unspecified atom stereocenters. The number of piperazine rings is 1. The normalized spacial score (nSPS) is 17.1. The van der Waals surface area contributed by atoms with Crippen molar-refractivity contribution in [3.05, 3.63) is 41.5 Å². The van der Waals surface area contributed by atoms with Crippen LogP contribution in [-0.2, 0) is 29.1 Å². The molecular formula is C25H31FN8O2. The second kappa shape index (κ2) is 9.38. The topological polar surface area (TPSA) is 113 Å². The first-order valence-electron chi connectivity index (χ1n) is 12.2. The first-order chi connectivity index (χ1) is 17.2. The molecule has 5 rings (SSSR count). The number of nitrogen functional groups attached to an aromatic ring is 1. The minimum Gasteiger partial charge on any atom is -0.396 e. The van der Waals surface area contributed by atoms with Gasteiger partial charge in [0.25, 0.3) is 0 Å². The highest BCUT2D eigenvalue weighted by Crippen LogP contribution is 2.30. The third-order valence-corrected chi connectivity index (χ3v) is 6.90. The molecule has 3 aromatic rings. The van der Waals surface area contributed by atoms with Gasteiger partial charge in [-0.3, -0.25) is 19.2 Å². The second-order valence-electron chi connectivity index (χ2n) is 9.84. The number of benzene rings is 1. The quantitative estimate of drug-likeness (QED) is 0.522. The fourth-order valence-electron chi connectivity index (χ4n) is 4.85. The maximum absolute atomic E-state index is 15.1. The molecule has 11 heteroatoms. The van der Waals surface area contributed by atoms with Gasteiger partial charge < -0.3 is 20.9 Å². The van der Waals surface area contributed by atoms with Crippen LogP contribution in [0.2, 0.25) is 0 Å². The molecule has 2 aliphatic heterocycles. The maximum Gasteiger partial charge on any atom is 0.244 e. The van der Waals surface area contributed by atoms with Crippen molar-refractivity contribution in [2.75, 3.05) is 44.3 Å². The lowest BCUT2D eigenvalue weighted by molar-refractivity contribution is -0.136. The van der Waals surface area contributed by atoms with Crippen LogP contribution in [0.4, 0.5) is 21.7 Å². The predicted octanol–water partition coefficient (Wildman–Crippen LogP) is 1.96. The lowest BCUT2D eigenvalue weighted by Gasteiger charge is -2.32. The number of nitrogens with zero attached hydrogens (tertiary/aromatic N) is 6. The van der Waals surface area contributed by atoms with Gasteiger partial charge in [0.2, 0.25) is 11.8 Å². The largest absolute Gasteiger partial charge is 0.396 e. The van der Waals surface area contributed by atoms with E-state index in [2.05, 4.69) is 15.4 Å². The number of fused-ring (bicyclic) bond motifs is 2. The fraction of sp³-hybridized carbons (Fsp3) is 0.440. The Labute approximate surface area is 208 Å². The van der Waals surface area contributed by atoms with E-state index in [1.54, 1.807) is 21.7 Å². The number of likely N-dealkylation sites (N-methyl/N-ethyl adjacent to an activating group) is 1. The van der Waals surface area contributed by atoms with E-state index in [9.17, 15) is 9.59 Å². The SMILES string of the molecule is CC(C)N1CCc2cc(Nc3cc4cc(CN5CCN(C)CC5=O)c(F)c(N)c4cn3)nn2CC1=O. The van der Waals surface area contributed by atoms with Crippen molar-refractivity contribution in [2.24, 2.45) is 0 Å². The molecule has 1 aromatic carbocycles. The van der Waals surface area contributed by atoms with Crippen LogP contribution in [0.25, 0.3) is 10.8 Å². The molecule has 0 bridgehead atoms. The van der Waals surface area contributed by atoms with Gasteiger partial charge in [0, 0.05) is 67.5 Å². The van der Waals surface area contributed by atoms with E-state index in [-0.39, 0.29) is 36.6 Å². The number of hydrogen-bond acceptors (Lipinski definition) is 7. The summed E-state index contributed by atoms with van der Waals surface area (Å²) in [5.41, 5.74) is 7.47. The van der Waals surface area contributed by atoms with E-state index in [0.717, 1.165) is 12.2 Å². The maximum atomic E-state index is 15.1. The molecule has 3 N–H and O–H groups in total. The van der Waals surface area contributed by atoms with Crippen molar-refractivity contribution in [1.29, 1.82) is 0 Å². The lowest BCUT2D eigenvalue weighted by Crippen LogP contribution is -2.48. The summed E-state index contributed by atoms with van der Waals surface area (Å²) in [5.74, 6) is 0.605. The summed E-state index contributed by atoms with van der Waals surface area (Å²) in [7, 11) is 1.89. The van der Waals surface area contributed by atoms with Crippen LogP contribution < -0.4 is 11.1 Å². The van der Waals surface area contributed by atoms with Crippen LogP contribution in [0, 0.1) is 5.82 Å². The minimum atomic E-state index is -0.519. The summed E-state index contributed by atoms with van der Waals surface area (Å²) in [6.45, 7) is 6.64. The van der Waals surface area contributed by atoms with Gasteiger partial charge in [-0.05, 0) is 38.4 Å². The highest BCUT2D eigenvalue weighted by molar-refractivity contribution is 5.95. The summed E-state index contributed by atoms with van der Waals surface area (Å²) < 4.78 is 16.8. The average Bonchev–Trinajstić information content (AvgIpc) is 3.11. The van der Waals surface area contributed by atoms with Gasteiger partial charge in [0.1, 0.15) is 12.4 Å². The molecular weight excluding hydrogens is 463 g/mol. The smallest absolute Gasteiger partial charge is 0.244 e. The molecule has 2 aliphatic rings. The second-order valence-corrected chi connectivity index (χ2v) is 9.84. The average molecular weight is 495 g/mol. The highest BCUT2D eigenvalue weighted by atomic mass is 19.1. The Morgan fingerprint density at radius 1 is 1.08 bits per heavy atom. The van der Waals surface area contributed by atoms with Gasteiger partial charge in [-0.15, -0.1) is 0 Å². The van der Waals surface area contributed by atoms with Crippen molar-refractivity contribution in [3.8, 4) is 0 Å². The van der Waals surface area contributed by atoms with Crippen molar-refractivity contribution < 1.29 is 14.0 Å². The summed E-state index contributed by atoms with van der Waals surface area (Å²) in [4.78, 5) is 34.8. The molecule has 2 aromatic heterocycles. The van der Waals surface area contributed by atoms with E-state index >= 15 is 4.39 Å². The molecule has 0 saturated carbocycles. The number of rotatable bonds is 5. The zero-order valence-corrected chi connectivity index (χ0v) is 20.8. The summed E-state index contributed by atoms with van der Waals surface area (Å²) >= 11 is 0. The number of nitrogens with one attached hydrogen (secondary N) is 1. The molecule has 4 heterocycles. The molecule has 0 spiro atoms. The summed E-state index contributed by atoms with van der Waals surface area (Å²) in [5, 5.41) is 8.97. The van der Waals surface area contributed by atoms with E-state index in [4.69, 9.17) is 5.73 Å². The molecule has 36 heavy (non-hydrogen) atoms. The van der Waals surface area contributed by atoms with Crippen LogP contribution in [-0.4, -0.2) is 80.5 Å². The molecule has 2 amide bonds. The Kier molecular flexibility index (Phi) is 6.25. The van der Waals surface area contributed by atoms with Gasteiger partial charge in [0.05, 0.1) is 12.2 Å². The third-order valence-electron chi connectivity index (χ3n) is 6.90. The van der Waals surface area contributed by atoms with Gasteiger partial charge in [0.15, 0.2) is 11.6 Å². The number of carbonyl (C=O) groups excluding carboxylic acids is 2. The van der Waals surface area contributed by atoms with Crippen molar-refractivity contribution in [2.45, 2.75) is 39.4 Å². The predicted molar refractivity (Wildman–Crippen MR) is 135 cm³/mol. The van der Waals surface area contributed by atoms with Crippen LogP contribution in [0.15, 0.2) is 24.4 Å². The Balaban J connectivity index is 1.38. The molecule has 10 nitrogen and oxygen atoms in total. The van der Waals surface area contributed by atoms with Crippen molar-refractivity contribution in [3.63, 3.8) is 0 Å². The molecule has 190 valence electrons. The van der Waals surface area contributed by atoms with Crippen LogP contribution in [0.5, 0.6) is 0 Å². The zero-order chi connectivity index (χ0) is 25.6. The van der Waals surface area contributed by atoms with Crippen LogP contribution >= 0.6 is 0 Å². The lowest BCUT2D eigenvalue weighted by atomic mass is 10.0. The number of amides is 2. The van der Waals surface area contributed by atoms with Crippen molar-refractivity contribution >= 4 is 39.9 Å². The van der Waals surface area contributed by atoms with E-state index in [1.807, 2.05) is 36.8 Å². The molecule has 1 saturated heterocycles. The van der Waals surface area contributed by atoms with Crippen molar-refractivity contribution in [1.82, 2.24) is 29.5 Å². The van der Waals surface area contributed by atoms with Gasteiger partial charge in [-0.2, -0.15) is 5.10 Å². The zero-order valence-electron chi connectivity index (χ0n) is 20.8. The van der Waals surface area contributed by atoms with Gasteiger partial charge >= 0.3 is 0 Å².